The van der Waals surface area contributed by atoms with Crippen molar-refractivity contribution in [1.29, 1.82) is 0 Å². The van der Waals surface area contributed by atoms with Crippen LogP contribution in [0.2, 0.25) is 0 Å². The fourth-order valence-electron chi connectivity index (χ4n) is 3.23. The predicted molar refractivity (Wildman–Crippen MR) is 62.5 cm³/mol. The summed E-state index contributed by atoms with van der Waals surface area (Å²) in [6.07, 6.45) is 2.14. The Labute approximate surface area is 102 Å². The summed E-state index contributed by atoms with van der Waals surface area (Å²) in [5, 5.41) is 0. The second kappa shape index (κ2) is 3.95. The molecule has 3 fully saturated rings. The maximum Gasteiger partial charge on any atom is 0.226 e. The number of hydrogen-bond donors (Lipinski definition) is 0. The quantitative estimate of drug-likeness (QED) is 0.734. The van der Waals surface area contributed by atoms with E-state index in [0.29, 0.717) is 23.7 Å². The number of amides is 1. The van der Waals surface area contributed by atoms with Gasteiger partial charge in [-0.3, -0.25) is 4.79 Å². The van der Waals surface area contributed by atoms with E-state index in [4.69, 9.17) is 9.47 Å². The number of nitrogens with zero attached hydrogens (tertiary/aromatic N) is 1. The van der Waals surface area contributed by atoms with Gasteiger partial charge in [-0.05, 0) is 18.8 Å². The molecule has 1 saturated carbocycles. The SMILES string of the molecule is COC[C@@H]1CCOC12CN(C(=O)[C@H]1C[C@H]1C)C2. The van der Waals surface area contributed by atoms with E-state index in [1.165, 1.54) is 0 Å². The number of hydrogen-bond acceptors (Lipinski definition) is 3. The molecule has 2 aliphatic heterocycles. The largest absolute Gasteiger partial charge is 0.384 e. The second-order valence-corrected chi connectivity index (χ2v) is 5.87. The summed E-state index contributed by atoms with van der Waals surface area (Å²) >= 11 is 0. The lowest BCUT2D eigenvalue weighted by atomic mass is 9.81. The molecule has 0 aromatic heterocycles. The van der Waals surface area contributed by atoms with Crippen molar-refractivity contribution in [1.82, 2.24) is 4.90 Å². The molecule has 0 unspecified atom stereocenters. The number of ether oxygens (including phenoxy) is 2. The van der Waals surface area contributed by atoms with Gasteiger partial charge in [0.25, 0.3) is 0 Å². The van der Waals surface area contributed by atoms with Crippen molar-refractivity contribution in [3.8, 4) is 0 Å². The van der Waals surface area contributed by atoms with Gasteiger partial charge in [0.05, 0.1) is 19.7 Å². The zero-order chi connectivity index (χ0) is 12.0. The molecular weight excluding hydrogens is 218 g/mol. The van der Waals surface area contributed by atoms with Crippen molar-refractivity contribution in [2.75, 3.05) is 33.4 Å². The van der Waals surface area contributed by atoms with Crippen LogP contribution in [0.3, 0.4) is 0 Å². The Hall–Kier alpha value is -0.610. The molecule has 17 heavy (non-hydrogen) atoms. The van der Waals surface area contributed by atoms with Gasteiger partial charge in [0.15, 0.2) is 0 Å². The fraction of sp³-hybridized carbons (Fsp3) is 0.923. The molecule has 1 spiro atoms. The van der Waals surface area contributed by atoms with Crippen LogP contribution in [0.15, 0.2) is 0 Å². The predicted octanol–water partition coefficient (Wildman–Crippen LogP) is 0.906. The molecule has 3 aliphatic rings. The van der Waals surface area contributed by atoms with Crippen LogP contribution >= 0.6 is 0 Å². The van der Waals surface area contributed by atoms with E-state index in [2.05, 4.69) is 6.92 Å². The first-order chi connectivity index (χ1) is 8.16. The molecule has 0 aromatic carbocycles. The lowest BCUT2D eigenvalue weighted by molar-refractivity contribution is -0.169. The minimum absolute atomic E-state index is 0.0796. The first kappa shape index (κ1) is 11.5. The first-order valence-corrected chi connectivity index (χ1v) is 6.58. The minimum atomic E-state index is -0.0796. The van der Waals surface area contributed by atoms with Crippen LogP contribution < -0.4 is 0 Å². The molecule has 4 nitrogen and oxygen atoms in total. The summed E-state index contributed by atoms with van der Waals surface area (Å²) in [6, 6.07) is 0. The molecule has 1 amide bonds. The van der Waals surface area contributed by atoms with Crippen molar-refractivity contribution in [3.05, 3.63) is 0 Å². The molecule has 3 rings (SSSR count). The minimum Gasteiger partial charge on any atom is -0.384 e. The summed E-state index contributed by atoms with van der Waals surface area (Å²) in [7, 11) is 1.74. The summed E-state index contributed by atoms with van der Waals surface area (Å²) in [5.74, 6) is 1.70. The zero-order valence-corrected chi connectivity index (χ0v) is 10.6. The summed E-state index contributed by atoms with van der Waals surface area (Å²) < 4.78 is 11.1. The highest BCUT2D eigenvalue weighted by atomic mass is 16.5. The van der Waals surface area contributed by atoms with Gasteiger partial charge in [-0.15, -0.1) is 0 Å². The number of likely N-dealkylation sites (tertiary alicyclic amines) is 1. The number of carbonyl (C=O) groups excluding carboxylic acids is 1. The van der Waals surface area contributed by atoms with E-state index in [0.717, 1.165) is 39.1 Å². The Morgan fingerprint density at radius 3 is 2.82 bits per heavy atom. The van der Waals surface area contributed by atoms with E-state index >= 15 is 0 Å². The second-order valence-electron chi connectivity index (χ2n) is 5.87. The monoisotopic (exact) mass is 239 g/mol. The van der Waals surface area contributed by atoms with Gasteiger partial charge in [-0.25, -0.2) is 0 Å². The first-order valence-electron chi connectivity index (χ1n) is 6.58. The molecule has 2 heterocycles. The van der Waals surface area contributed by atoms with E-state index < -0.39 is 0 Å². The average molecular weight is 239 g/mol. The van der Waals surface area contributed by atoms with Crippen LogP contribution in [0.25, 0.3) is 0 Å². The molecular formula is C13H21NO3. The van der Waals surface area contributed by atoms with Crippen LogP contribution in [-0.2, 0) is 14.3 Å². The highest BCUT2D eigenvalue weighted by Crippen LogP contribution is 2.45. The molecule has 1 aliphatic carbocycles. The van der Waals surface area contributed by atoms with Crippen LogP contribution in [0.4, 0.5) is 0 Å². The molecule has 0 N–H and O–H groups in total. The smallest absolute Gasteiger partial charge is 0.226 e. The third-order valence-electron chi connectivity index (χ3n) is 4.62. The van der Waals surface area contributed by atoms with E-state index in [1.54, 1.807) is 7.11 Å². The Kier molecular flexibility index (Phi) is 2.67. The van der Waals surface area contributed by atoms with Gasteiger partial charge in [-0.1, -0.05) is 6.92 Å². The summed E-state index contributed by atoms with van der Waals surface area (Å²) in [5.41, 5.74) is -0.0796. The van der Waals surface area contributed by atoms with Gasteiger partial charge < -0.3 is 14.4 Å². The fourth-order valence-corrected chi connectivity index (χ4v) is 3.23. The lowest BCUT2D eigenvalue weighted by Crippen LogP contribution is -2.67. The Balaban J connectivity index is 1.57. The van der Waals surface area contributed by atoms with E-state index in [1.807, 2.05) is 4.90 Å². The number of carbonyl (C=O) groups is 1. The number of methoxy groups -OCH3 is 1. The summed E-state index contributed by atoms with van der Waals surface area (Å²) in [6.45, 7) is 5.28. The molecule has 96 valence electrons. The van der Waals surface area contributed by atoms with Gasteiger partial charge >= 0.3 is 0 Å². The molecule has 0 radical (unpaired) electrons. The highest BCUT2D eigenvalue weighted by molar-refractivity contribution is 5.82. The Bertz CT molecular complexity index is 325. The third kappa shape index (κ3) is 1.78. The van der Waals surface area contributed by atoms with Crippen LogP contribution in [0.1, 0.15) is 19.8 Å². The van der Waals surface area contributed by atoms with Crippen LogP contribution in [0, 0.1) is 17.8 Å². The van der Waals surface area contributed by atoms with Gasteiger partial charge in [-0.2, -0.15) is 0 Å². The molecule has 3 atom stereocenters. The highest BCUT2D eigenvalue weighted by Gasteiger charge is 2.56. The molecule has 4 heteroatoms. The summed E-state index contributed by atoms with van der Waals surface area (Å²) in [4.78, 5) is 14.0. The maximum absolute atomic E-state index is 12.0. The van der Waals surface area contributed by atoms with Crippen molar-refractivity contribution >= 4 is 5.91 Å². The molecule has 0 bridgehead atoms. The van der Waals surface area contributed by atoms with Crippen LogP contribution in [0.5, 0.6) is 0 Å². The lowest BCUT2D eigenvalue weighted by Gasteiger charge is -2.50. The van der Waals surface area contributed by atoms with Crippen molar-refractivity contribution in [2.24, 2.45) is 17.8 Å². The standard InChI is InChI=1S/C13H21NO3/c1-9-5-11(9)12(15)14-7-13(8-14)10(6-16-2)3-4-17-13/h9-11H,3-8H2,1-2H3/t9-,10+,11+/m1/s1. The van der Waals surface area contributed by atoms with Gasteiger partial charge in [0.2, 0.25) is 5.91 Å². The maximum atomic E-state index is 12.0. The molecule has 2 saturated heterocycles. The van der Waals surface area contributed by atoms with Crippen molar-refractivity contribution in [2.45, 2.75) is 25.4 Å². The van der Waals surface area contributed by atoms with E-state index in [-0.39, 0.29) is 5.60 Å². The molecule has 0 aromatic rings. The topological polar surface area (TPSA) is 38.8 Å². The Morgan fingerprint density at radius 2 is 2.24 bits per heavy atom. The van der Waals surface area contributed by atoms with Crippen molar-refractivity contribution < 1.29 is 14.3 Å². The van der Waals surface area contributed by atoms with Crippen molar-refractivity contribution in [3.63, 3.8) is 0 Å². The average Bonchev–Trinajstić information content (AvgIpc) is 2.83. The third-order valence-corrected chi connectivity index (χ3v) is 4.62. The normalized spacial score (nSPS) is 38.2. The number of rotatable bonds is 3. The van der Waals surface area contributed by atoms with Gasteiger partial charge in [0.1, 0.15) is 5.60 Å². The Morgan fingerprint density at radius 1 is 1.53 bits per heavy atom. The van der Waals surface area contributed by atoms with Gasteiger partial charge in [0, 0.05) is 25.6 Å². The van der Waals surface area contributed by atoms with E-state index in [9.17, 15) is 4.79 Å². The zero-order valence-electron chi connectivity index (χ0n) is 10.6. The van der Waals surface area contributed by atoms with Crippen LogP contribution in [-0.4, -0.2) is 49.8 Å².